The van der Waals surface area contributed by atoms with Crippen molar-refractivity contribution in [1.82, 2.24) is 14.8 Å². The standard InChI is InChI=1S/C19H27N3O3/c1-2-3-4-5-6-11-22-16-8-7-15(14-17(16)25-19(22)24)18(23)21-12-9-20-10-13-21/h7-8,14,20H,2-6,9-13H2,1H3. The number of amides is 1. The van der Waals surface area contributed by atoms with Gasteiger partial charge in [0.15, 0.2) is 5.58 Å². The Labute approximate surface area is 147 Å². The highest BCUT2D eigenvalue weighted by atomic mass is 16.4. The Balaban J connectivity index is 1.73. The SMILES string of the molecule is CCCCCCCn1c(=O)oc2cc(C(=O)N3CCNCC3)ccc21. The van der Waals surface area contributed by atoms with Gasteiger partial charge in [0, 0.05) is 38.3 Å². The average Bonchev–Trinajstić information content (AvgIpc) is 2.96. The van der Waals surface area contributed by atoms with E-state index < -0.39 is 0 Å². The van der Waals surface area contributed by atoms with Crippen molar-refractivity contribution in [3.63, 3.8) is 0 Å². The maximum Gasteiger partial charge on any atom is 0.419 e. The van der Waals surface area contributed by atoms with Crippen LogP contribution < -0.4 is 11.1 Å². The van der Waals surface area contributed by atoms with Crippen molar-refractivity contribution < 1.29 is 9.21 Å². The highest BCUT2D eigenvalue weighted by Crippen LogP contribution is 2.18. The molecular weight excluding hydrogens is 318 g/mol. The summed E-state index contributed by atoms with van der Waals surface area (Å²) in [6.07, 6.45) is 5.73. The van der Waals surface area contributed by atoms with E-state index >= 15 is 0 Å². The third kappa shape index (κ3) is 4.12. The number of fused-ring (bicyclic) bond motifs is 1. The van der Waals surface area contributed by atoms with Crippen LogP contribution in [0, 0.1) is 0 Å². The Morgan fingerprint density at radius 1 is 1.16 bits per heavy atom. The summed E-state index contributed by atoms with van der Waals surface area (Å²) in [7, 11) is 0. The van der Waals surface area contributed by atoms with Crippen LogP contribution in [0.3, 0.4) is 0 Å². The van der Waals surface area contributed by atoms with Gasteiger partial charge in [-0.3, -0.25) is 9.36 Å². The number of piperazine rings is 1. The first-order chi connectivity index (χ1) is 12.2. The number of aryl methyl sites for hydroxylation is 1. The number of oxazole rings is 1. The fraction of sp³-hybridized carbons (Fsp3) is 0.579. The fourth-order valence-electron chi connectivity index (χ4n) is 3.34. The van der Waals surface area contributed by atoms with E-state index in [2.05, 4.69) is 12.2 Å². The van der Waals surface area contributed by atoms with E-state index in [4.69, 9.17) is 4.42 Å². The lowest BCUT2D eigenvalue weighted by Crippen LogP contribution is -2.46. The van der Waals surface area contributed by atoms with Crippen LogP contribution in [0.4, 0.5) is 0 Å². The number of carbonyl (C=O) groups excluding carboxylic acids is 1. The Morgan fingerprint density at radius 3 is 2.68 bits per heavy atom. The molecule has 6 nitrogen and oxygen atoms in total. The molecule has 6 heteroatoms. The van der Waals surface area contributed by atoms with Gasteiger partial charge in [-0.05, 0) is 24.6 Å². The summed E-state index contributed by atoms with van der Waals surface area (Å²) in [5.74, 6) is -0.337. The molecule has 1 aromatic heterocycles. The summed E-state index contributed by atoms with van der Waals surface area (Å²) in [5, 5.41) is 3.24. The molecule has 0 radical (unpaired) electrons. The van der Waals surface area contributed by atoms with Gasteiger partial charge in [-0.25, -0.2) is 4.79 Å². The summed E-state index contributed by atoms with van der Waals surface area (Å²) < 4.78 is 7.06. The van der Waals surface area contributed by atoms with Crippen LogP contribution in [0.25, 0.3) is 11.1 Å². The molecule has 0 aliphatic carbocycles. The van der Waals surface area contributed by atoms with Crippen LogP contribution >= 0.6 is 0 Å². The van der Waals surface area contributed by atoms with Crippen molar-refractivity contribution in [3.8, 4) is 0 Å². The molecule has 25 heavy (non-hydrogen) atoms. The lowest BCUT2D eigenvalue weighted by atomic mass is 10.1. The van der Waals surface area contributed by atoms with Crippen LogP contribution in [0.15, 0.2) is 27.4 Å². The summed E-state index contributed by atoms with van der Waals surface area (Å²) in [5.41, 5.74) is 1.86. The molecule has 1 aromatic carbocycles. The molecule has 3 rings (SSSR count). The third-order valence-electron chi connectivity index (χ3n) is 4.80. The van der Waals surface area contributed by atoms with E-state index in [0.717, 1.165) is 31.4 Å². The molecule has 0 saturated carbocycles. The first-order valence-electron chi connectivity index (χ1n) is 9.34. The van der Waals surface area contributed by atoms with Gasteiger partial charge >= 0.3 is 5.76 Å². The number of hydrogen-bond acceptors (Lipinski definition) is 4. The molecule has 0 spiro atoms. The molecule has 1 aliphatic heterocycles. The zero-order valence-corrected chi connectivity index (χ0v) is 14.9. The second-order valence-corrected chi connectivity index (χ2v) is 6.66. The lowest BCUT2D eigenvalue weighted by Gasteiger charge is -2.27. The van der Waals surface area contributed by atoms with Gasteiger partial charge < -0.3 is 14.6 Å². The van der Waals surface area contributed by atoms with Gasteiger partial charge in [0.2, 0.25) is 0 Å². The summed E-state index contributed by atoms with van der Waals surface area (Å²) >= 11 is 0. The van der Waals surface area contributed by atoms with Gasteiger partial charge in [0.25, 0.3) is 5.91 Å². The predicted octanol–water partition coefficient (Wildman–Crippen LogP) is 2.61. The van der Waals surface area contributed by atoms with Crippen LogP contribution in [-0.2, 0) is 6.54 Å². The van der Waals surface area contributed by atoms with Crippen molar-refractivity contribution in [2.24, 2.45) is 0 Å². The zero-order valence-electron chi connectivity index (χ0n) is 14.9. The lowest BCUT2D eigenvalue weighted by molar-refractivity contribution is 0.0736. The van der Waals surface area contributed by atoms with Crippen molar-refractivity contribution in [2.75, 3.05) is 26.2 Å². The Bertz CT molecular complexity index is 772. The molecule has 1 N–H and O–H groups in total. The first kappa shape index (κ1) is 17.7. The topological polar surface area (TPSA) is 67.5 Å². The number of rotatable bonds is 7. The molecule has 1 saturated heterocycles. The molecule has 2 aromatic rings. The molecule has 1 amide bonds. The van der Waals surface area contributed by atoms with E-state index in [-0.39, 0.29) is 11.7 Å². The number of carbonyl (C=O) groups is 1. The van der Waals surface area contributed by atoms with E-state index in [1.165, 1.54) is 19.3 Å². The summed E-state index contributed by atoms with van der Waals surface area (Å²) in [4.78, 5) is 26.5. The van der Waals surface area contributed by atoms with Crippen LogP contribution in [0.2, 0.25) is 0 Å². The molecule has 1 fully saturated rings. The number of benzene rings is 1. The molecule has 0 unspecified atom stereocenters. The number of aromatic nitrogens is 1. The Kier molecular flexibility index (Phi) is 5.91. The monoisotopic (exact) mass is 345 g/mol. The minimum atomic E-state index is -0.336. The quantitative estimate of drug-likeness (QED) is 0.783. The summed E-state index contributed by atoms with van der Waals surface area (Å²) in [6.45, 7) is 5.90. The average molecular weight is 345 g/mol. The normalized spacial score (nSPS) is 15.0. The predicted molar refractivity (Wildman–Crippen MR) is 98.0 cm³/mol. The Morgan fingerprint density at radius 2 is 1.92 bits per heavy atom. The van der Waals surface area contributed by atoms with Gasteiger partial charge in [-0.15, -0.1) is 0 Å². The summed E-state index contributed by atoms with van der Waals surface area (Å²) in [6, 6.07) is 5.34. The maximum atomic E-state index is 12.6. The number of hydrogen-bond donors (Lipinski definition) is 1. The minimum Gasteiger partial charge on any atom is -0.408 e. The number of nitrogens with zero attached hydrogens (tertiary/aromatic N) is 2. The second kappa shape index (κ2) is 8.34. The van der Waals surface area contributed by atoms with E-state index in [1.807, 2.05) is 11.0 Å². The number of unbranched alkanes of at least 4 members (excludes halogenated alkanes) is 4. The first-order valence-corrected chi connectivity index (χ1v) is 9.34. The minimum absolute atomic E-state index is 0.00151. The second-order valence-electron chi connectivity index (χ2n) is 6.66. The van der Waals surface area contributed by atoms with E-state index in [0.29, 0.717) is 30.8 Å². The number of nitrogens with one attached hydrogen (secondary N) is 1. The fourth-order valence-corrected chi connectivity index (χ4v) is 3.34. The maximum absolute atomic E-state index is 12.6. The highest BCUT2D eigenvalue weighted by molar-refractivity contribution is 5.97. The van der Waals surface area contributed by atoms with E-state index in [1.54, 1.807) is 16.7 Å². The van der Waals surface area contributed by atoms with Gasteiger partial charge in [-0.1, -0.05) is 32.6 Å². The molecule has 2 heterocycles. The third-order valence-corrected chi connectivity index (χ3v) is 4.80. The molecule has 0 atom stereocenters. The molecule has 1 aliphatic rings. The van der Waals surface area contributed by atoms with E-state index in [9.17, 15) is 9.59 Å². The largest absolute Gasteiger partial charge is 0.419 e. The van der Waals surface area contributed by atoms with Crippen molar-refractivity contribution >= 4 is 17.0 Å². The molecule has 136 valence electrons. The van der Waals surface area contributed by atoms with Crippen LogP contribution in [0.5, 0.6) is 0 Å². The van der Waals surface area contributed by atoms with Crippen molar-refractivity contribution in [1.29, 1.82) is 0 Å². The van der Waals surface area contributed by atoms with Gasteiger partial charge in [0.1, 0.15) is 0 Å². The Hall–Kier alpha value is -2.08. The van der Waals surface area contributed by atoms with Crippen molar-refractivity contribution in [2.45, 2.75) is 45.6 Å². The van der Waals surface area contributed by atoms with Crippen LogP contribution in [0.1, 0.15) is 49.4 Å². The molecular formula is C19H27N3O3. The van der Waals surface area contributed by atoms with Crippen LogP contribution in [-0.4, -0.2) is 41.6 Å². The zero-order chi connectivity index (χ0) is 17.6. The van der Waals surface area contributed by atoms with Crippen molar-refractivity contribution in [3.05, 3.63) is 34.3 Å². The van der Waals surface area contributed by atoms with Gasteiger partial charge in [0.05, 0.1) is 5.52 Å². The molecule has 0 bridgehead atoms. The highest BCUT2D eigenvalue weighted by Gasteiger charge is 2.19. The smallest absolute Gasteiger partial charge is 0.408 e. The van der Waals surface area contributed by atoms with Gasteiger partial charge in [-0.2, -0.15) is 0 Å².